The number of aromatic nitrogens is 3. The first-order valence-electron chi connectivity index (χ1n) is 13.6. The van der Waals surface area contributed by atoms with Crippen molar-refractivity contribution in [3.05, 3.63) is 60.7 Å². The van der Waals surface area contributed by atoms with Crippen molar-refractivity contribution in [2.45, 2.75) is 64.6 Å². The molecule has 2 fully saturated rings. The lowest BCUT2D eigenvalue weighted by atomic mass is 9.92. The van der Waals surface area contributed by atoms with Crippen LogP contribution < -0.4 is 15.8 Å². The minimum Gasteiger partial charge on any atom is -0.492 e. The van der Waals surface area contributed by atoms with Gasteiger partial charge in [-0.15, -0.1) is 0 Å². The van der Waals surface area contributed by atoms with E-state index in [0.717, 1.165) is 77.1 Å². The Labute approximate surface area is 222 Å². The van der Waals surface area contributed by atoms with E-state index in [-0.39, 0.29) is 6.10 Å². The second kappa shape index (κ2) is 10.1. The van der Waals surface area contributed by atoms with Crippen LogP contribution in [0.15, 0.2) is 55.1 Å². The number of nitrogens with two attached hydrogens (primary N) is 1. The molecule has 2 aliphatic rings. The number of benzene rings is 2. The Morgan fingerprint density at radius 3 is 2.71 bits per heavy atom. The van der Waals surface area contributed by atoms with Gasteiger partial charge in [-0.3, -0.25) is 5.32 Å². The van der Waals surface area contributed by atoms with Gasteiger partial charge < -0.3 is 24.3 Å². The zero-order chi connectivity index (χ0) is 26.2. The third kappa shape index (κ3) is 4.83. The van der Waals surface area contributed by atoms with Crippen LogP contribution in [0.4, 0.5) is 16.2 Å². The molecular weight excluding hydrogens is 478 g/mol. The first-order chi connectivity index (χ1) is 18.5. The van der Waals surface area contributed by atoms with Gasteiger partial charge in [-0.05, 0) is 81.7 Å². The fourth-order valence-electron chi connectivity index (χ4n) is 5.38. The molecule has 3 N–H and O–H groups in total. The Balaban J connectivity index is 1.27. The monoisotopic (exact) mass is 513 g/mol. The normalized spacial score (nSPS) is 16.3. The number of aryl methyl sites for hydroxylation is 1. The van der Waals surface area contributed by atoms with Gasteiger partial charge in [0.2, 0.25) is 0 Å². The van der Waals surface area contributed by atoms with Crippen LogP contribution in [-0.4, -0.2) is 32.9 Å². The summed E-state index contributed by atoms with van der Waals surface area (Å²) in [4.78, 5) is 16.5. The summed E-state index contributed by atoms with van der Waals surface area (Å²) in [6.45, 7) is 5.32. The van der Waals surface area contributed by atoms with Crippen molar-refractivity contribution in [3.63, 3.8) is 0 Å². The summed E-state index contributed by atoms with van der Waals surface area (Å²) >= 11 is 0. The standard InChI is InChI=1S/C30H35N5O3/c1-19-16-22(33-30(36)38-20(2)21-6-7-21)8-10-25(19)29-28(31)26-11-9-24(37-15-14-34-13-12-32-18-34)17-27(26)35(29)23-4-3-5-23/h8-13,16-18,20-21,23H,3-7,14-15,31H2,1-2H3,(H,33,36). The van der Waals surface area contributed by atoms with Crippen molar-refractivity contribution in [3.8, 4) is 17.0 Å². The van der Waals surface area contributed by atoms with Crippen LogP contribution in [0.25, 0.3) is 22.2 Å². The zero-order valence-corrected chi connectivity index (χ0v) is 22.0. The molecule has 0 radical (unpaired) electrons. The number of fused-ring (bicyclic) bond motifs is 1. The molecule has 4 aromatic rings. The molecule has 2 aromatic heterocycles. The largest absolute Gasteiger partial charge is 0.492 e. The fraction of sp³-hybridized carbons (Fsp3) is 0.400. The Morgan fingerprint density at radius 2 is 2.03 bits per heavy atom. The highest BCUT2D eigenvalue weighted by molar-refractivity contribution is 6.02. The predicted molar refractivity (Wildman–Crippen MR) is 149 cm³/mol. The van der Waals surface area contributed by atoms with Gasteiger partial charge in [-0.25, -0.2) is 9.78 Å². The number of nitrogens with one attached hydrogen (secondary N) is 1. The topological polar surface area (TPSA) is 96.3 Å². The molecule has 2 aromatic carbocycles. The molecule has 1 atom stereocenters. The van der Waals surface area contributed by atoms with E-state index in [1.54, 1.807) is 12.5 Å². The van der Waals surface area contributed by atoms with Gasteiger partial charge in [-0.1, -0.05) is 6.07 Å². The zero-order valence-electron chi connectivity index (χ0n) is 22.0. The molecule has 0 aliphatic heterocycles. The summed E-state index contributed by atoms with van der Waals surface area (Å²) in [5, 5.41) is 3.93. The van der Waals surface area contributed by atoms with Crippen LogP contribution in [0, 0.1) is 12.8 Å². The smallest absolute Gasteiger partial charge is 0.411 e. The van der Waals surface area contributed by atoms with Crippen LogP contribution in [-0.2, 0) is 11.3 Å². The van der Waals surface area contributed by atoms with E-state index in [0.29, 0.717) is 18.6 Å². The maximum atomic E-state index is 12.4. The van der Waals surface area contributed by atoms with Crippen molar-refractivity contribution < 1.29 is 14.3 Å². The molecule has 1 unspecified atom stereocenters. The lowest BCUT2D eigenvalue weighted by Gasteiger charge is -2.30. The van der Waals surface area contributed by atoms with Gasteiger partial charge in [0, 0.05) is 41.1 Å². The molecule has 0 saturated heterocycles. The summed E-state index contributed by atoms with van der Waals surface area (Å²) < 4.78 is 16.0. The predicted octanol–water partition coefficient (Wildman–Crippen LogP) is 6.55. The lowest BCUT2D eigenvalue weighted by molar-refractivity contribution is 0.108. The van der Waals surface area contributed by atoms with Crippen molar-refractivity contribution in [2.75, 3.05) is 17.7 Å². The summed E-state index contributed by atoms with van der Waals surface area (Å²) in [6, 6.07) is 12.6. The first kappa shape index (κ1) is 24.4. The first-order valence-corrected chi connectivity index (χ1v) is 13.6. The van der Waals surface area contributed by atoms with Gasteiger partial charge in [0.1, 0.15) is 18.5 Å². The van der Waals surface area contributed by atoms with Crippen molar-refractivity contribution in [1.29, 1.82) is 0 Å². The number of amides is 1. The molecular formula is C30H35N5O3. The summed E-state index contributed by atoms with van der Waals surface area (Å²) in [5.41, 5.74) is 12.6. The molecule has 2 aliphatic carbocycles. The Kier molecular flexibility index (Phi) is 6.47. The summed E-state index contributed by atoms with van der Waals surface area (Å²) in [7, 11) is 0. The second-order valence-corrected chi connectivity index (χ2v) is 10.6. The van der Waals surface area contributed by atoms with Crippen LogP contribution in [0.1, 0.15) is 50.6 Å². The number of ether oxygens (including phenoxy) is 2. The quantitative estimate of drug-likeness (QED) is 0.265. The van der Waals surface area contributed by atoms with Gasteiger partial charge in [0.15, 0.2) is 0 Å². The van der Waals surface area contributed by atoms with Crippen molar-refractivity contribution in [1.82, 2.24) is 14.1 Å². The number of nitrogen functional groups attached to an aromatic ring is 1. The van der Waals surface area contributed by atoms with E-state index in [1.807, 2.05) is 35.9 Å². The number of hydrogen-bond acceptors (Lipinski definition) is 5. The SMILES string of the molecule is Cc1cc(NC(=O)OC(C)C2CC2)ccc1-c1c(N)c2ccc(OCCn3ccnc3)cc2n1C1CCC1. The minimum atomic E-state index is -0.403. The Hall–Kier alpha value is -3.94. The maximum absolute atomic E-state index is 12.4. The molecule has 1 amide bonds. The maximum Gasteiger partial charge on any atom is 0.411 e. The number of carbonyl (C=O) groups excluding carboxylic acids is 1. The molecule has 6 rings (SSSR count). The third-order valence-electron chi connectivity index (χ3n) is 7.94. The van der Waals surface area contributed by atoms with E-state index >= 15 is 0 Å². The number of imidazole rings is 1. The molecule has 198 valence electrons. The Bertz CT molecular complexity index is 1450. The van der Waals surface area contributed by atoms with Crippen molar-refractivity contribution in [2.24, 2.45) is 5.92 Å². The number of rotatable bonds is 9. The number of hydrogen-bond donors (Lipinski definition) is 2. The average Bonchev–Trinajstić information content (AvgIpc) is 3.53. The van der Waals surface area contributed by atoms with E-state index < -0.39 is 6.09 Å². The number of carbonyl (C=O) groups is 1. The van der Waals surface area contributed by atoms with Gasteiger partial charge >= 0.3 is 6.09 Å². The summed E-state index contributed by atoms with van der Waals surface area (Å²) in [6.07, 6.45) is 10.8. The molecule has 38 heavy (non-hydrogen) atoms. The lowest BCUT2D eigenvalue weighted by Crippen LogP contribution is -2.21. The van der Waals surface area contributed by atoms with Gasteiger partial charge in [-0.2, -0.15) is 0 Å². The number of anilines is 2. The third-order valence-corrected chi connectivity index (χ3v) is 7.94. The minimum absolute atomic E-state index is 0.0480. The molecule has 2 heterocycles. The number of nitrogens with zero attached hydrogens (tertiary/aromatic N) is 3. The van der Waals surface area contributed by atoms with Crippen molar-refractivity contribution >= 4 is 28.4 Å². The highest BCUT2D eigenvalue weighted by atomic mass is 16.6. The van der Waals surface area contributed by atoms with Gasteiger partial charge in [0.25, 0.3) is 0 Å². The molecule has 2 saturated carbocycles. The highest BCUT2D eigenvalue weighted by Gasteiger charge is 2.31. The average molecular weight is 514 g/mol. The van der Waals surface area contributed by atoms with E-state index in [1.165, 1.54) is 6.42 Å². The fourth-order valence-corrected chi connectivity index (χ4v) is 5.38. The van der Waals surface area contributed by atoms with Crippen LogP contribution in [0.5, 0.6) is 5.75 Å². The van der Waals surface area contributed by atoms with Crippen LogP contribution >= 0.6 is 0 Å². The summed E-state index contributed by atoms with van der Waals surface area (Å²) in [5.74, 6) is 1.33. The van der Waals surface area contributed by atoms with Crippen LogP contribution in [0.3, 0.4) is 0 Å². The molecule has 0 bridgehead atoms. The van der Waals surface area contributed by atoms with E-state index in [4.69, 9.17) is 15.2 Å². The molecule has 8 nitrogen and oxygen atoms in total. The van der Waals surface area contributed by atoms with Crippen LogP contribution in [0.2, 0.25) is 0 Å². The van der Waals surface area contributed by atoms with E-state index in [2.05, 4.69) is 40.0 Å². The molecule has 8 heteroatoms. The van der Waals surface area contributed by atoms with E-state index in [9.17, 15) is 4.79 Å². The molecule has 0 spiro atoms. The Morgan fingerprint density at radius 1 is 1.18 bits per heavy atom. The highest BCUT2D eigenvalue weighted by Crippen LogP contribution is 2.45. The second-order valence-electron chi connectivity index (χ2n) is 10.6. The van der Waals surface area contributed by atoms with Gasteiger partial charge in [0.05, 0.1) is 29.8 Å².